The fourth-order valence-electron chi connectivity index (χ4n) is 2.75. The first-order valence-electron chi connectivity index (χ1n) is 7.18. The molecule has 1 fully saturated rings. The van der Waals surface area contributed by atoms with Crippen molar-refractivity contribution in [1.82, 2.24) is 19.2 Å². The molecule has 3 rings (SSSR count). The number of pyridine rings is 1. The molecule has 0 aromatic carbocycles. The Kier molecular flexibility index (Phi) is 3.89. The van der Waals surface area contributed by atoms with E-state index in [1.165, 1.54) is 0 Å². The number of fused-ring (bicyclic) bond motifs is 1. The van der Waals surface area contributed by atoms with E-state index in [0.717, 1.165) is 56.4 Å². The number of rotatable bonds is 4. The highest BCUT2D eigenvalue weighted by Crippen LogP contribution is 2.17. The molecule has 5 heteroatoms. The van der Waals surface area contributed by atoms with E-state index in [1.807, 2.05) is 18.3 Å². The molecule has 0 N–H and O–H groups in total. The third-order valence-electron chi connectivity index (χ3n) is 4.05. The number of hydrogen-bond acceptors (Lipinski definition) is 4. The number of likely N-dealkylation sites (N-methyl/N-ethyl adjacent to an activating group) is 1. The average molecular weight is 274 g/mol. The molecule has 3 heterocycles. The Balaban J connectivity index is 1.71. The second-order valence-electron chi connectivity index (χ2n) is 5.40. The minimum atomic E-state index is 0.855. The van der Waals surface area contributed by atoms with Gasteiger partial charge in [-0.1, -0.05) is 6.07 Å². The Morgan fingerprint density at radius 3 is 2.75 bits per heavy atom. The summed E-state index contributed by atoms with van der Waals surface area (Å²) < 4.78 is 7.54. The first-order chi connectivity index (χ1) is 9.78. The number of ether oxygens (including phenoxy) is 1. The summed E-state index contributed by atoms with van der Waals surface area (Å²) in [7, 11) is 3.89. The predicted octanol–water partition coefficient (Wildman–Crippen LogP) is 1.13. The van der Waals surface area contributed by atoms with Crippen molar-refractivity contribution >= 4 is 5.52 Å². The van der Waals surface area contributed by atoms with Gasteiger partial charge in [0.15, 0.2) is 5.88 Å². The van der Waals surface area contributed by atoms with Crippen LogP contribution < -0.4 is 4.74 Å². The van der Waals surface area contributed by atoms with Gasteiger partial charge in [-0.3, -0.25) is 4.40 Å². The molecule has 0 unspecified atom stereocenters. The number of aromatic nitrogens is 2. The minimum absolute atomic E-state index is 0.855. The summed E-state index contributed by atoms with van der Waals surface area (Å²) in [5, 5.41) is 0. The third-order valence-corrected chi connectivity index (χ3v) is 4.05. The first-order valence-corrected chi connectivity index (χ1v) is 7.18. The van der Waals surface area contributed by atoms with Crippen molar-refractivity contribution in [3.8, 4) is 5.88 Å². The summed E-state index contributed by atoms with van der Waals surface area (Å²) in [6, 6.07) is 6.04. The van der Waals surface area contributed by atoms with Gasteiger partial charge in [-0.2, -0.15) is 0 Å². The molecule has 0 bridgehead atoms. The van der Waals surface area contributed by atoms with Crippen molar-refractivity contribution in [3.63, 3.8) is 0 Å². The third kappa shape index (κ3) is 2.64. The fourth-order valence-corrected chi connectivity index (χ4v) is 2.75. The molecule has 20 heavy (non-hydrogen) atoms. The summed E-state index contributed by atoms with van der Waals surface area (Å²) in [5.74, 6) is 1.93. The van der Waals surface area contributed by atoms with Crippen LogP contribution >= 0.6 is 0 Å². The van der Waals surface area contributed by atoms with Crippen LogP contribution in [0.25, 0.3) is 5.52 Å². The van der Waals surface area contributed by atoms with Crippen LogP contribution in [0.4, 0.5) is 0 Å². The summed E-state index contributed by atoms with van der Waals surface area (Å²) >= 11 is 0. The molecule has 2 aromatic heterocycles. The van der Waals surface area contributed by atoms with E-state index in [-0.39, 0.29) is 0 Å². The summed E-state index contributed by atoms with van der Waals surface area (Å²) in [4.78, 5) is 9.44. The normalized spacial score (nSPS) is 17.7. The summed E-state index contributed by atoms with van der Waals surface area (Å²) in [6.07, 6.45) is 2.88. The highest BCUT2D eigenvalue weighted by molar-refractivity contribution is 5.49. The van der Waals surface area contributed by atoms with E-state index in [1.54, 1.807) is 7.11 Å². The van der Waals surface area contributed by atoms with Gasteiger partial charge in [0.1, 0.15) is 5.82 Å². The van der Waals surface area contributed by atoms with Crippen LogP contribution in [0.1, 0.15) is 5.82 Å². The molecule has 2 aromatic rings. The topological polar surface area (TPSA) is 33.0 Å². The van der Waals surface area contributed by atoms with E-state index < -0.39 is 0 Å². The molecule has 5 nitrogen and oxygen atoms in total. The molecule has 0 spiro atoms. The minimum Gasteiger partial charge on any atom is -0.482 e. The molecule has 1 aliphatic rings. The molecule has 0 saturated carbocycles. The van der Waals surface area contributed by atoms with Crippen molar-refractivity contribution in [3.05, 3.63) is 30.2 Å². The summed E-state index contributed by atoms with van der Waals surface area (Å²) in [5.41, 5.74) is 1.10. The quantitative estimate of drug-likeness (QED) is 0.837. The summed E-state index contributed by atoms with van der Waals surface area (Å²) in [6.45, 7) is 5.68. The lowest BCUT2D eigenvalue weighted by atomic mass is 10.3. The van der Waals surface area contributed by atoms with Gasteiger partial charge >= 0.3 is 0 Å². The standard InChI is InChI=1S/C15H22N4O/c1-17-8-10-18(11-9-17)7-6-14-16-12-13-4-3-5-15(20-2)19(13)14/h3-5,12H,6-11H2,1-2H3. The van der Waals surface area contributed by atoms with E-state index in [0.29, 0.717) is 0 Å². The molecule has 0 amide bonds. The largest absolute Gasteiger partial charge is 0.482 e. The molecule has 1 aliphatic heterocycles. The van der Waals surface area contributed by atoms with Crippen LogP contribution in [0, 0.1) is 0 Å². The number of hydrogen-bond donors (Lipinski definition) is 0. The Morgan fingerprint density at radius 1 is 1.20 bits per heavy atom. The van der Waals surface area contributed by atoms with Crippen molar-refractivity contribution in [2.75, 3.05) is 46.9 Å². The zero-order valence-electron chi connectivity index (χ0n) is 12.2. The SMILES string of the molecule is COc1cccc2cnc(CCN3CCN(C)CC3)n12. The van der Waals surface area contributed by atoms with Crippen LogP contribution in [0.3, 0.4) is 0 Å². The van der Waals surface area contributed by atoms with Crippen LogP contribution in [0.5, 0.6) is 5.88 Å². The number of piperazine rings is 1. The van der Waals surface area contributed by atoms with E-state index in [2.05, 4.69) is 32.3 Å². The van der Waals surface area contributed by atoms with Gasteiger partial charge in [-0.25, -0.2) is 4.98 Å². The monoisotopic (exact) mass is 274 g/mol. The molecule has 0 atom stereocenters. The van der Waals surface area contributed by atoms with Gasteiger partial charge in [0.25, 0.3) is 0 Å². The van der Waals surface area contributed by atoms with Crippen molar-refractivity contribution < 1.29 is 4.74 Å². The van der Waals surface area contributed by atoms with Gasteiger partial charge in [0.2, 0.25) is 0 Å². The Labute approximate surface area is 119 Å². The molecule has 1 saturated heterocycles. The van der Waals surface area contributed by atoms with E-state index >= 15 is 0 Å². The lowest BCUT2D eigenvalue weighted by molar-refractivity contribution is 0.155. The molecular weight excluding hydrogens is 252 g/mol. The van der Waals surface area contributed by atoms with Gasteiger partial charge in [0.05, 0.1) is 18.8 Å². The van der Waals surface area contributed by atoms with Crippen molar-refractivity contribution in [2.45, 2.75) is 6.42 Å². The smallest absolute Gasteiger partial charge is 0.199 e. The first kappa shape index (κ1) is 13.4. The molecule has 0 aliphatic carbocycles. The lowest BCUT2D eigenvalue weighted by Crippen LogP contribution is -2.45. The Morgan fingerprint density at radius 2 is 2.00 bits per heavy atom. The highest BCUT2D eigenvalue weighted by atomic mass is 16.5. The number of methoxy groups -OCH3 is 1. The number of nitrogens with zero attached hydrogens (tertiary/aromatic N) is 4. The lowest BCUT2D eigenvalue weighted by Gasteiger charge is -2.32. The Hall–Kier alpha value is -1.59. The maximum absolute atomic E-state index is 5.44. The predicted molar refractivity (Wildman–Crippen MR) is 79.4 cm³/mol. The van der Waals surface area contributed by atoms with Crippen LogP contribution in [0.2, 0.25) is 0 Å². The zero-order chi connectivity index (χ0) is 13.9. The second kappa shape index (κ2) is 5.81. The fraction of sp³-hybridized carbons (Fsp3) is 0.533. The molecule has 0 radical (unpaired) electrons. The van der Waals surface area contributed by atoms with Gasteiger partial charge in [-0.15, -0.1) is 0 Å². The van der Waals surface area contributed by atoms with Crippen LogP contribution in [0.15, 0.2) is 24.4 Å². The van der Waals surface area contributed by atoms with E-state index in [4.69, 9.17) is 4.74 Å². The number of imidazole rings is 1. The van der Waals surface area contributed by atoms with Crippen molar-refractivity contribution in [2.24, 2.45) is 0 Å². The van der Waals surface area contributed by atoms with Gasteiger partial charge in [-0.05, 0) is 19.2 Å². The van der Waals surface area contributed by atoms with Gasteiger partial charge in [0, 0.05) is 39.1 Å². The van der Waals surface area contributed by atoms with Gasteiger partial charge < -0.3 is 14.5 Å². The molecular formula is C15H22N4O. The second-order valence-corrected chi connectivity index (χ2v) is 5.40. The Bertz CT molecular complexity index is 572. The van der Waals surface area contributed by atoms with Crippen molar-refractivity contribution in [1.29, 1.82) is 0 Å². The van der Waals surface area contributed by atoms with E-state index in [9.17, 15) is 0 Å². The van der Waals surface area contributed by atoms with Crippen LogP contribution in [-0.2, 0) is 6.42 Å². The average Bonchev–Trinajstić information content (AvgIpc) is 2.90. The maximum atomic E-state index is 5.44. The zero-order valence-corrected chi connectivity index (χ0v) is 12.2. The maximum Gasteiger partial charge on any atom is 0.199 e. The molecule has 108 valence electrons. The highest BCUT2D eigenvalue weighted by Gasteiger charge is 2.15. The van der Waals surface area contributed by atoms with Crippen LogP contribution in [-0.4, -0.2) is 66.1 Å².